The second-order valence-electron chi connectivity index (χ2n) is 3.39. The lowest BCUT2D eigenvalue weighted by Gasteiger charge is -2.00. The summed E-state index contributed by atoms with van der Waals surface area (Å²) in [5.74, 6) is 0.00263. The van der Waals surface area contributed by atoms with Crippen LogP contribution in [0.2, 0.25) is 0 Å². The molecule has 1 aromatic carbocycles. The molecule has 0 atom stereocenters. The van der Waals surface area contributed by atoms with E-state index in [2.05, 4.69) is 15.3 Å². The molecule has 1 N–H and O–H groups in total. The summed E-state index contributed by atoms with van der Waals surface area (Å²) in [5, 5.41) is 10.5. The highest BCUT2D eigenvalue weighted by atomic mass is 32.1. The van der Waals surface area contributed by atoms with Crippen LogP contribution in [0.5, 0.6) is 0 Å². The van der Waals surface area contributed by atoms with Gasteiger partial charge in [-0.3, -0.25) is 9.89 Å². The fourth-order valence-corrected chi connectivity index (χ4v) is 1.53. The van der Waals surface area contributed by atoms with E-state index in [-0.39, 0.29) is 5.78 Å². The molecular weight excluding hydrogens is 236 g/mol. The summed E-state index contributed by atoms with van der Waals surface area (Å²) in [6.45, 7) is 1.52. The number of H-pyrrole nitrogens is 1. The minimum atomic E-state index is 0.00263. The number of aromatic amines is 1. The Balaban J connectivity index is 2.37. The molecule has 1 aromatic heterocycles. The average molecular weight is 246 g/mol. The van der Waals surface area contributed by atoms with Crippen LogP contribution in [0.15, 0.2) is 35.7 Å². The molecule has 0 aliphatic rings. The molecule has 5 nitrogen and oxygen atoms in total. The lowest BCUT2D eigenvalue weighted by Crippen LogP contribution is -1.99. The summed E-state index contributed by atoms with van der Waals surface area (Å²) in [7, 11) is 0. The van der Waals surface area contributed by atoms with Crippen LogP contribution in [0.25, 0.3) is 0 Å². The van der Waals surface area contributed by atoms with Gasteiger partial charge in [-0.25, -0.2) is 0 Å². The van der Waals surface area contributed by atoms with Crippen LogP contribution in [0, 0.1) is 4.77 Å². The van der Waals surface area contributed by atoms with Gasteiger partial charge in [0.05, 0.1) is 6.21 Å². The van der Waals surface area contributed by atoms with Gasteiger partial charge in [0.1, 0.15) is 6.33 Å². The van der Waals surface area contributed by atoms with Crippen LogP contribution in [0.3, 0.4) is 0 Å². The van der Waals surface area contributed by atoms with Crippen molar-refractivity contribution in [1.82, 2.24) is 14.9 Å². The number of hydrogen-bond acceptors (Lipinski definition) is 4. The first kappa shape index (κ1) is 11.4. The minimum Gasteiger partial charge on any atom is -0.294 e. The Morgan fingerprint density at radius 1 is 1.53 bits per heavy atom. The van der Waals surface area contributed by atoms with E-state index < -0.39 is 0 Å². The SMILES string of the molecule is CC(=O)c1ccccc1/C=N\n1cn[nH]c1=S. The van der Waals surface area contributed by atoms with Gasteiger partial charge in [0, 0.05) is 11.1 Å². The summed E-state index contributed by atoms with van der Waals surface area (Å²) in [6.07, 6.45) is 3.05. The van der Waals surface area contributed by atoms with E-state index in [1.807, 2.05) is 18.2 Å². The van der Waals surface area contributed by atoms with Crippen molar-refractivity contribution in [3.05, 3.63) is 46.5 Å². The predicted octanol–water partition coefficient (Wildman–Crippen LogP) is 2.03. The van der Waals surface area contributed by atoms with E-state index in [1.54, 1.807) is 12.3 Å². The molecule has 0 bridgehead atoms. The molecule has 0 saturated carbocycles. The van der Waals surface area contributed by atoms with Crippen molar-refractivity contribution < 1.29 is 4.79 Å². The Kier molecular flexibility index (Phi) is 3.24. The fourth-order valence-electron chi connectivity index (χ4n) is 1.38. The third kappa shape index (κ3) is 2.54. The maximum atomic E-state index is 11.4. The van der Waals surface area contributed by atoms with Crippen LogP contribution in [-0.2, 0) is 0 Å². The number of nitrogens with zero attached hydrogens (tertiary/aromatic N) is 3. The van der Waals surface area contributed by atoms with Gasteiger partial charge in [-0.1, -0.05) is 24.3 Å². The molecule has 1 heterocycles. The highest BCUT2D eigenvalue weighted by Gasteiger charge is 2.03. The number of ketones is 1. The molecule has 17 heavy (non-hydrogen) atoms. The van der Waals surface area contributed by atoms with Crippen molar-refractivity contribution in [3.8, 4) is 0 Å². The number of carbonyl (C=O) groups is 1. The first-order valence-electron chi connectivity index (χ1n) is 4.95. The van der Waals surface area contributed by atoms with Crippen LogP contribution >= 0.6 is 12.2 Å². The molecule has 0 radical (unpaired) electrons. The van der Waals surface area contributed by atoms with Crippen molar-refractivity contribution in [2.24, 2.45) is 5.10 Å². The maximum absolute atomic E-state index is 11.4. The van der Waals surface area contributed by atoms with Crippen molar-refractivity contribution in [1.29, 1.82) is 0 Å². The summed E-state index contributed by atoms with van der Waals surface area (Å²) in [4.78, 5) is 11.4. The lowest BCUT2D eigenvalue weighted by molar-refractivity contribution is 0.101. The number of carbonyl (C=O) groups excluding carboxylic acids is 1. The zero-order chi connectivity index (χ0) is 12.3. The van der Waals surface area contributed by atoms with Crippen LogP contribution in [0.1, 0.15) is 22.8 Å². The van der Waals surface area contributed by atoms with E-state index in [1.165, 1.54) is 17.9 Å². The molecule has 0 saturated heterocycles. The highest BCUT2D eigenvalue weighted by molar-refractivity contribution is 7.71. The van der Waals surface area contributed by atoms with Crippen LogP contribution in [-0.4, -0.2) is 26.9 Å². The molecule has 2 aromatic rings. The zero-order valence-electron chi connectivity index (χ0n) is 9.12. The second kappa shape index (κ2) is 4.84. The van der Waals surface area contributed by atoms with E-state index in [0.29, 0.717) is 10.3 Å². The summed E-state index contributed by atoms with van der Waals surface area (Å²) >= 11 is 4.95. The Morgan fingerprint density at radius 3 is 2.94 bits per heavy atom. The summed E-state index contributed by atoms with van der Waals surface area (Å²) in [5.41, 5.74) is 1.38. The Hall–Kier alpha value is -2.08. The van der Waals surface area contributed by atoms with Crippen molar-refractivity contribution in [3.63, 3.8) is 0 Å². The van der Waals surface area contributed by atoms with Crippen molar-refractivity contribution in [2.75, 3.05) is 0 Å². The normalized spacial score (nSPS) is 10.9. The molecule has 0 aliphatic heterocycles. The van der Waals surface area contributed by atoms with E-state index >= 15 is 0 Å². The number of benzene rings is 1. The maximum Gasteiger partial charge on any atom is 0.216 e. The molecule has 0 fully saturated rings. The molecule has 2 rings (SSSR count). The average Bonchev–Trinajstić information content (AvgIpc) is 2.72. The topological polar surface area (TPSA) is 63.0 Å². The Labute approximate surface area is 103 Å². The van der Waals surface area contributed by atoms with Crippen molar-refractivity contribution in [2.45, 2.75) is 6.92 Å². The Morgan fingerprint density at radius 2 is 2.29 bits per heavy atom. The smallest absolute Gasteiger partial charge is 0.216 e. The fraction of sp³-hybridized carbons (Fsp3) is 0.0909. The van der Waals surface area contributed by atoms with Crippen LogP contribution < -0.4 is 0 Å². The van der Waals surface area contributed by atoms with E-state index in [9.17, 15) is 4.79 Å². The molecule has 0 unspecified atom stereocenters. The lowest BCUT2D eigenvalue weighted by atomic mass is 10.1. The monoisotopic (exact) mass is 246 g/mol. The summed E-state index contributed by atoms with van der Waals surface area (Å²) < 4.78 is 1.83. The molecule has 0 aliphatic carbocycles. The van der Waals surface area contributed by atoms with E-state index in [0.717, 1.165) is 5.56 Å². The number of aromatic nitrogens is 3. The third-order valence-corrected chi connectivity index (χ3v) is 2.48. The predicted molar refractivity (Wildman–Crippen MR) is 66.9 cm³/mol. The summed E-state index contributed by atoms with van der Waals surface area (Å²) in [6, 6.07) is 7.25. The highest BCUT2D eigenvalue weighted by Crippen LogP contribution is 2.07. The largest absolute Gasteiger partial charge is 0.294 e. The number of nitrogens with one attached hydrogen (secondary N) is 1. The first-order chi connectivity index (χ1) is 8.18. The van der Waals surface area contributed by atoms with Gasteiger partial charge in [0.2, 0.25) is 4.77 Å². The molecule has 6 heteroatoms. The number of hydrogen-bond donors (Lipinski definition) is 1. The van der Waals surface area contributed by atoms with Gasteiger partial charge in [-0.2, -0.15) is 14.9 Å². The standard InChI is InChI=1S/C11H10N4OS/c1-8(16)10-5-3-2-4-9(10)6-13-15-7-12-14-11(15)17/h2-7H,1H3,(H,14,17)/b13-6-. The van der Waals surface area contributed by atoms with Crippen molar-refractivity contribution >= 4 is 24.2 Å². The second-order valence-corrected chi connectivity index (χ2v) is 3.78. The molecular formula is C11H10N4OS. The molecule has 0 spiro atoms. The van der Waals surface area contributed by atoms with Gasteiger partial charge >= 0.3 is 0 Å². The van der Waals surface area contributed by atoms with Crippen LogP contribution in [0.4, 0.5) is 0 Å². The van der Waals surface area contributed by atoms with Gasteiger partial charge < -0.3 is 0 Å². The van der Waals surface area contributed by atoms with Gasteiger partial charge in [-0.15, -0.1) is 0 Å². The molecule has 0 amide bonds. The molecule has 86 valence electrons. The van der Waals surface area contributed by atoms with Gasteiger partial charge in [0.25, 0.3) is 0 Å². The van der Waals surface area contributed by atoms with E-state index in [4.69, 9.17) is 12.2 Å². The zero-order valence-corrected chi connectivity index (χ0v) is 9.94. The van der Waals surface area contributed by atoms with Gasteiger partial charge in [-0.05, 0) is 19.1 Å². The number of rotatable bonds is 3. The Bertz CT molecular complexity index is 626. The third-order valence-electron chi connectivity index (χ3n) is 2.20. The first-order valence-corrected chi connectivity index (χ1v) is 5.35. The van der Waals surface area contributed by atoms with Gasteiger partial charge in [0.15, 0.2) is 5.78 Å². The minimum absolute atomic E-state index is 0.00263. The quantitative estimate of drug-likeness (QED) is 0.512. The number of Topliss-reactive ketones (excluding diaryl/α,β-unsaturated/α-hetero) is 1.